The molecule has 1 aromatic carbocycles. The second kappa shape index (κ2) is 35.2. The van der Waals surface area contributed by atoms with Gasteiger partial charge in [0.25, 0.3) is 0 Å². The van der Waals surface area contributed by atoms with Gasteiger partial charge in [-0.25, -0.2) is 4.57 Å². The van der Waals surface area contributed by atoms with Crippen molar-refractivity contribution in [2.45, 2.75) is 150 Å². The van der Waals surface area contributed by atoms with E-state index in [4.69, 9.17) is 32.7 Å². The van der Waals surface area contributed by atoms with Crippen molar-refractivity contribution in [3.63, 3.8) is 0 Å². The normalized spacial score (nSPS) is 14.2. The number of phosphoric acid groups is 1. The molecule has 0 saturated carbocycles. The predicted molar refractivity (Wildman–Crippen MR) is 220 cm³/mol. The van der Waals surface area contributed by atoms with Crippen molar-refractivity contribution in [2.75, 3.05) is 80.0 Å². The quantitative estimate of drug-likeness (QED) is 0.0376. The summed E-state index contributed by atoms with van der Waals surface area (Å²) < 4.78 is 51.5. The van der Waals surface area contributed by atoms with Crippen LogP contribution in [0.15, 0.2) is 24.3 Å². The molecule has 3 unspecified atom stereocenters. The highest BCUT2D eigenvalue weighted by Gasteiger charge is 2.24. The Morgan fingerprint density at radius 2 is 1.30 bits per heavy atom. The number of hydrogen-bond donors (Lipinski definition) is 2. The molecular weight excluding hydrogens is 707 g/mol. The minimum absolute atomic E-state index is 0.0253. The fourth-order valence-electron chi connectivity index (χ4n) is 5.80. The van der Waals surface area contributed by atoms with Crippen LogP contribution in [0.3, 0.4) is 0 Å². The molecule has 2 N–H and O–H groups in total. The Bertz CT molecular complexity index is 1000. The molecule has 0 amide bonds. The molecule has 0 aliphatic heterocycles. The van der Waals surface area contributed by atoms with E-state index in [-0.39, 0.29) is 39.5 Å². The zero-order valence-electron chi connectivity index (χ0n) is 35.2. The summed E-state index contributed by atoms with van der Waals surface area (Å²) in [6.07, 6.45) is 20.3. The number of rotatable bonds is 40. The van der Waals surface area contributed by atoms with E-state index in [1.54, 1.807) is 0 Å². The van der Waals surface area contributed by atoms with Crippen molar-refractivity contribution in [1.29, 1.82) is 0 Å². The van der Waals surface area contributed by atoms with Crippen LogP contribution >= 0.6 is 7.82 Å². The van der Waals surface area contributed by atoms with Gasteiger partial charge in [0.05, 0.1) is 39.3 Å². The monoisotopic (exact) mass is 789 g/mol. The first-order valence-corrected chi connectivity index (χ1v) is 22.7. The van der Waals surface area contributed by atoms with Gasteiger partial charge in [0.2, 0.25) is 0 Å². The highest BCUT2D eigenvalue weighted by molar-refractivity contribution is 7.47. The second-order valence-electron chi connectivity index (χ2n) is 14.9. The second-order valence-corrected chi connectivity index (χ2v) is 16.4. The Kier molecular flexibility index (Phi) is 33.3. The zero-order valence-corrected chi connectivity index (χ0v) is 36.1. The van der Waals surface area contributed by atoms with Crippen LogP contribution < -0.4 is 5.32 Å². The Balaban J connectivity index is 2.22. The number of nitrogens with one attached hydrogen (secondary N) is 1. The lowest BCUT2D eigenvalue weighted by Gasteiger charge is -2.21. The van der Waals surface area contributed by atoms with Crippen LogP contribution in [0.25, 0.3) is 0 Å². The minimum atomic E-state index is -4.25. The third kappa shape index (κ3) is 31.2. The summed E-state index contributed by atoms with van der Waals surface area (Å²) in [6, 6.07) is 8.61. The van der Waals surface area contributed by atoms with Crippen LogP contribution in [0.4, 0.5) is 0 Å². The first-order valence-electron chi connectivity index (χ1n) is 21.2. The maximum Gasteiger partial charge on any atom is 0.472 e. The van der Waals surface area contributed by atoms with Crippen molar-refractivity contribution in [1.82, 2.24) is 10.2 Å². The van der Waals surface area contributed by atoms with E-state index in [0.29, 0.717) is 39.0 Å². The molecule has 318 valence electrons. The smallest absolute Gasteiger partial charge is 0.359 e. The topological polar surface area (TPSA) is 117 Å². The van der Waals surface area contributed by atoms with Crippen LogP contribution in [0, 0.1) is 5.92 Å². The fourth-order valence-corrected chi connectivity index (χ4v) is 6.54. The maximum absolute atomic E-state index is 12.4. The summed E-state index contributed by atoms with van der Waals surface area (Å²) in [4.78, 5) is 12.1. The average Bonchev–Trinajstić information content (AvgIpc) is 3.15. The summed E-state index contributed by atoms with van der Waals surface area (Å²) in [7, 11) is -2.34. The van der Waals surface area contributed by atoms with E-state index >= 15 is 0 Å². The third-order valence-electron chi connectivity index (χ3n) is 9.39. The van der Waals surface area contributed by atoms with Gasteiger partial charge in [0.1, 0.15) is 19.7 Å². The highest BCUT2D eigenvalue weighted by atomic mass is 31.2. The molecule has 3 atom stereocenters. The van der Waals surface area contributed by atoms with Crippen LogP contribution in [0.1, 0.15) is 148 Å². The van der Waals surface area contributed by atoms with Crippen molar-refractivity contribution in [3.8, 4) is 0 Å². The Hall–Kier alpha value is -0.950. The summed E-state index contributed by atoms with van der Waals surface area (Å²) in [5, 5.41) is 3.22. The number of nitrogens with zero attached hydrogens (tertiary/aromatic N) is 1. The lowest BCUT2D eigenvalue weighted by Crippen LogP contribution is -2.29. The maximum atomic E-state index is 12.4. The molecule has 1 rings (SSSR count). The SMILES string of the molecule is CCCCCCCCCCCCCCCCCOCOCC(COP(=O)(O)OCCN(C)CC)OCOCCNCOC(C)c1ccc(CC(C)C)cc1. The van der Waals surface area contributed by atoms with Gasteiger partial charge in [-0.2, -0.15) is 0 Å². The van der Waals surface area contributed by atoms with Crippen molar-refractivity contribution < 1.29 is 42.2 Å². The third-order valence-corrected chi connectivity index (χ3v) is 10.4. The number of phosphoric ester groups is 1. The van der Waals surface area contributed by atoms with E-state index in [1.165, 1.54) is 89.0 Å². The van der Waals surface area contributed by atoms with Gasteiger partial charge in [0.15, 0.2) is 0 Å². The number of unbranched alkanes of at least 4 members (excludes halogenated alkanes) is 14. The van der Waals surface area contributed by atoms with Crippen LogP contribution in [0.5, 0.6) is 0 Å². The lowest BCUT2D eigenvalue weighted by molar-refractivity contribution is -0.142. The molecule has 12 heteroatoms. The molecule has 0 saturated heterocycles. The van der Waals surface area contributed by atoms with Crippen molar-refractivity contribution in [3.05, 3.63) is 35.4 Å². The van der Waals surface area contributed by atoms with E-state index in [9.17, 15) is 9.46 Å². The van der Waals surface area contributed by atoms with E-state index in [1.807, 2.05) is 25.8 Å². The molecular formula is C42H81N2O9P. The van der Waals surface area contributed by atoms with E-state index in [0.717, 1.165) is 31.4 Å². The Morgan fingerprint density at radius 3 is 1.89 bits per heavy atom. The van der Waals surface area contributed by atoms with Crippen molar-refractivity contribution in [2.24, 2.45) is 5.92 Å². The summed E-state index contributed by atoms with van der Waals surface area (Å²) in [5.41, 5.74) is 2.48. The Morgan fingerprint density at radius 1 is 0.704 bits per heavy atom. The van der Waals surface area contributed by atoms with Crippen LogP contribution in [-0.4, -0.2) is 95.9 Å². The van der Waals surface area contributed by atoms with Gasteiger partial charge >= 0.3 is 7.82 Å². The molecule has 0 heterocycles. The number of likely N-dealkylation sites (N-methyl/N-ethyl adjacent to an activating group) is 1. The van der Waals surface area contributed by atoms with E-state index < -0.39 is 13.9 Å². The molecule has 54 heavy (non-hydrogen) atoms. The first kappa shape index (κ1) is 51.1. The molecule has 0 aromatic heterocycles. The molecule has 1 aromatic rings. The zero-order chi connectivity index (χ0) is 39.5. The molecule has 0 bridgehead atoms. The van der Waals surface area contributed by atoms with Gasteiger partial charge < -0.3 is 33.5 Å². The van der Waals surface area contributed by atoms with Gasteiger partial charge in [-0.1, -0.05) is 142 Å². The standard InChI is InChI=1S/C42H81N2O9P/c1-7-9-10-11-12-13-14-15-16-17-18-19-20-21-22-29-47-36-49-33-42(34-53-54(45,46)52-31-28-44(6)8-2)51-37-48-30-27-43-35-50-39(5)41-25-23-40(24-26-41)32-38(3)4/h23-26,38-39,42-43H,7-22,27-37H2,1-6H3,(H,45,46). The number of hydrogen-bond acceptors (Lipinski definition) is 10. The molecule has 0 spiro atoms. The molecule has 11 nitrogen and oxygen atoms in total. The van der Waals surface area contributed by atoms with Crippen molar-refractivity contribution >= 4 is 7.82 Å². The van der Waals surface area contributed by atoms with E-state index in [2.05, 4.69) is 50.4 Å². The summed E-state index contributed by atoms with van der Waals surface area (Å²) >= 11 is 0. The predicted octanol–water partition coefficient (Wildman–Crippen LogP) is 9.82. The van der Waals surface area contributed by atoms with Crippen LogP contribution in [-0.2, 0) is 43.7 Å². The summed E-state index contributed by atoms with van der Waals surface area (Å²) in [6.45, 7) is 14.2. The number of ether oxygens (including phenoxy) is 5. The highest BCUT2D eigenvalue weighted by Crippen LogP contribution is 2.43. The van der Waals surface area contributed by atoms with Gasteiger partial charge in [-0.15, -0.1) is 0 Å². The van der Waals surface area contributed by atoms with Gasteiger partial charge in [0, 0.05) is 19.7 Å². The van der Waals surface area contributed by atoms with Crippen LogP contribution in [0.2, 0.25) is 0 Å². The largest absolute Gasteiger partial charge is 0.472 e. The molecule has 0 radical (unpaired) electrons. The minimum Gasteiger partial charge on any atom is -0.359 e. The number of benzene rings is 1. The van der Waals surface area contributed by atoms with Gasteiger partial charge in [-0.3, -0.25) is 14.4 Å². The first-order chi connectivity index (χ1) is 26.2. The fraction of sp³-hybridized carbons (Fsp3) is 0.857. The molecule has 0 fully saturated rings. The lowest BCUT2D eigenvalue weighted by atomic mass is 10.0. The Labute approximate surface area is 330 Å². The molecule has 0 aliphatic carbocycles. The summed E-state index contributed by atoms with van der Waals surface area (Å²) in [5.74, 6) is 0.633. The molecule has 0 aliphatic rings. The average molecular weight is 789 g/mol. The van der Waals surface area contributed by atoms with Gasteiger partial charge in [-0.05, 0) is 50.4 Å².